The summed E-state index contributed by atoms with van der Waals surface area (Å²) in [6.07, 6.45) is -1.38. The highest BCUT2D eigenvalue weighted by Gasteiger charge is 2.11. The molecule has 0 aromatic heterocycles. The summed E-state index contributed by atoms with van der Waals surface area (Å²) in [6, 6.07) is 0. The van der Waals surface area contributed by atoms with E-state index in [0.29, 0.717) is 0 Å². The second kappa shape index (κ2) is 5.18. The van der Waals surface area contributed by atoms with E-state index in [9.17, 15) is 9.59 Å². The number of carbonyl (C=O) groups excluding carboxylic acids is 2. The number of ether oxygens (including phenoxy) is 2. The van der Waals surface area contributed by atoms with Gasteiger partial charge in [-0.3, -0.25) is 5.32 Å². The molecule has 0 rings (SSSR count). The third-order valence-electron chi connectivity index (χ3n) is 1.14. The van der Waals surface area contributed by atoms with Crippen LogP contribution < -0.4 is 5.32 Å². The number of nitrogens with one attached hydrogen (secondary N) is 1. The van der Waals surface area contributed by atoms with Crippen molar-refractivity contribution in [1.82, 2.24) is 5.32 Å². The smallest absolute Gasteiger partial charge is 0.409 e. The minimum atomic E-state index is -0.725. The minimum absolute atomic E-state index is 0.276. The van der Waals surface area contributed by atoms with Crippen molar-refractivity contribution in [2.75, 3.05) is 7.11 Å². The molecule has 1 N–H and O–H groups in total. The first-order valence-electron chi connectivity index (χ1n) is 3.68. The highest BCUT2D eigenvalue weighted by atomic mass is 16.6. The molecule has 0 aromatic carbocycles. The molecule has 0 saturated carbocycles. The van der Waals surface area contributed by atoms with E-state index in [2.05, 4.69) is 16.6 Å². The summed E-state index contributed by atoms with van der Waals surface area (Å²) in [5, 5.41) is 2.27. The first kappa shape index (κ1) is 11.5. The Balaban J connectivity index is 3.87. The zero-order valence-electron chi connectivity index (χ0n) is 7.92. The van der Waals surface area contributed by atoms with Gasteiger partial charge in [0.25, 0.3) is 0 Å². The van der Waals surface area contributed by atoms with Crippen molar-refractivity contribution in [3.05, 3.63) is 12.2 Å². The van der Waals surface area contributed by atoms with Gasteiger partial charge >= 0.3 is 12.1 Å². The third-order valence-corrected chi connectivity index (χ3v) is 1.14. The molecule has 0 radical (unpaired) electrons. The van der Waals surface area contributed by atoms with Gasteiger partial charge in [0.1, 0.15) is 0 Å². The summed E-state index contributed by atoms with van der Waals surface area (Å²) in [4.78, 5) is 21.5. The summed E-state index contributed by atoms with van der Waals surface area (Å²) in [5.74, 6) is -0.552. The van der Waals surface area contributed by atoms with Crippen molar-refractivity contribution in [3.63, 3.8) is 0 Å². The fourth-order valence-corrected chi connectivity index (χ4v) is 0.516. The molecule has 74 valence electrons. The largest absolute Gasteiger partial charge is 0.453 e. The number of carbonyl (C=O) groups is 2. The topological polar surface area (TPSA) is 64.6 Å². The maximum atomic E-state index is 10.9. The van der Waals surface area contributed by atoms with Gasteiger partial charge in [-0.05, 0) is 13.8 Å². The number of alkyl carbamates (subject to hydrolysis) is 1. The van der Waals surface area contributed by atoms with Gasteiger partial charge in [-0.2, -0.15) is 0 Å². The van der Waals surface area contributed by atoms with E-state index in [0.717, 1.165) is 0 Å². The molecular weight excluding hydrogens is 174 g/mol. The van der Waals surface area contributed by atoms with Crippen LogP contribution in [0.5, 0.6) is 0 Å². The number of hydrogen-bond donors (Lipinski definition) is 1. The van der Waals surface area contributed by atoms with E-state index in [1.165, 1.54) is 21.0 Å². The van der Waals surface area contributed by atoms with Gasteiger partial charge in [0.05, 0.1) is 7.11 Å². The molecule has 1 amide bonds. The molecule has 1 unspecified atom stereocenters. The van der Waals surface area contributed by atoms with Crippen LogP contribution in [0.3, 0.4) is 0 Å². The fraction of sp³-hybridized carbons (Fsp3) is 0.500. The lowest BCUT2D eigenvalue weighted by Gasteiger charge is -2.13. The van der Waals surface area contributed by atoms with Crippen molar-refractivity contribution in [2.45, 2.75) is 20.1 Å². The van der Waals surface area contributed by atoms with E-state index >= 15 is 0 Å². The molecule has 0 aliphatic heterocycles. The highest BCUT2D eigenvalue weighted by Crippen LogP contribution is 1.95. The molecular formula is C8H13NO4. The number of esters is 1. The Hall–Kier alpha value is -1.52. The van der Waals surface area contributed by atoms with Gasteiger partial charge in [0, 0.05) is 5.57 Å². The van der Waals surface area contributed by atoms with Gasteiger partial charge in [0.15, 0.2) is 6.23 Å². The van der Waals surface area contributed by atoms with E-state index in [-0.39, 0.29) is 5.57 Å². The van der Waals surface area contributed by atoms with E-state index in [4.69, 9.17) is 4.74 Å². The fourth-order valence-electron chi connectivity index (χ4n) is 0.516. The van der Waals surface area contributed by atoms with Crippen molar-refractivity contribution in [1.29, 1.82) is 0 Å². The lowest BCUT2D eigenvalue weighted by Crippen LogP contribution is -2.36. The summed E-state index contributed by atoms with van der Waals surface area (Å²) in [6.45, 7) is 6.42. The van der Waals surface area contributed by atoms with Gasteiger partial charge in [-0.1, -0.05) is 6.58 Å². The van der Waals surface area contributed by atoms with Gasteiger partial charge in [-0.15, -0.1) is 0 Å². The summed E-state index contributed by atoms with van der Waals surface area (Å²) in [7, 11) is 1.22. The van der Waals surface area contributed by atoms with E-state index < -0.39 is 18.3 Å². The molecule has 0 bridgehead atoms. The van der Waals surface area contributed by atoms with Gasteiger partial charge in [-0.25, -0.2) is 9.59 Å². The van der Waals surface area contributed by atoms with Crippen LogP contribution in [0.4, 0.5) is 4.79 Å². The first-order valence-corrected chi connectivity index (χ1v) is 3.68. The number of amides is 1. The Morgan fingerprint density at radius 2 is 2.00 bits per heavy atom. The number of hydrogen-bond acceptors (Lipinski definition) is 4. The average Bonchev–Trinajstić information content (AvgIpc) is 2.03. The van der Waals surface area contributed by atoms with Crippen LogP contribution in [0.25, 0.3) is 0 Å². The summed E-state index contributed by atoms with van der Waals surface area (Å²) < 4.78 is 9.03. The second-order valence-electron chi connectivity index (χ2n) is 2.46. The zero-order valence-corrected chi connectivity index (χ0v) is 7.92. The molecule has 5 nitrogen and oxygen atoms in total. The molecule has 0 aliphatic carbocycles. The lowest BCUT2D eigenvalue weighted by atomic mass is 10.4. The van der Waals surface area contributed by atoms with Crippen LogP contribution >= 0.6 is 0 Å². The van der Waals surface area contributed by atoms with Crippen LogP contribution in [0.1, 0.15) is 13.8 Å². The molecule has 0 fully saturated rings. The Morgan fingerprint density at radius 3 is 2.38 bits per heavy atom. The predicted molar refractivity (Wildman–Crippen MR) is 45.9 cm³/mol. The summed E-state index contributed by atoms with van der Waals surface area (Å²) in [5.41, 5.74) is 0.276. The normalized spacial score (nSPS) is 11.3. The monoisotopic (exact) mass is 187 g/mol. The Bertz CT molecular complexity index is 224. The van der Waals surface area contributed by atoms with E-state index in [1.54, 1.807) is 0 Å². The van der Waals surface area contributed by atoms with Crippen molar-refractivity contribution in [3.8, 4) is 0 Å². The van der Waals surface area contributed by atoms with Crippen LogP contribution in [-0.2, 0) is 14.3 Å². The molecule has 0 aliphatic rings. The minimum Gasteiger partial charge on any atom is -0.453 e. The first-order chi connectivity index (χ1) is 5.97. The standard InChI is InChI=1S/C8H13NO4/c1-5(2)7(10)13-6(3)9-8(11)12-4/h6H,1H2,2-4H3,(H,9,11). The Kier molecular flexibility index (Phi) is 4.58. The zero-order chi connectivity index (χ0) is 10.4. The summed E-state index contributed by atoms with van der Waals surface area (Å²) >= 11 is 0. The predicted octanol–water partition coefficient (Wildman–Crippen LogP) is 0.808. The maximum Gasteiger partial charge on any atom is 0.409 e. The molecule has 0 spiro atoms. The molecule has 0 aromatic rings. The van der Waals surface area contributed by atoms with E-state index in [1.807, 2.05) is 0 Å². The Labute approximate surface area is 76.7 Å². The average molecular weight is 187 g/mol. The highest BCUT2D eigenvalue weighted by molar-refractivity contribution is 5.87. The third kappa shape index (κ3) is 4.84. The van der Waals surface area contributed by atoms with Crippen molar-refractivity contribution < 1.29 is 19.1 Å². The van der Waals surface area contributed by atoms with Gasteiger partial charge in [0.2, 0.25) is 0 Å². The SMILES string of the molecule is C=C(C)C(=O)OC(C)NC(=O)OC. The second-order valence-corrected chi connectivity index (χ2v) is 2.46. The van der Waals surface area contributed by atoms with Crippen LogP contribution in [0, 0.1) is 0 Å². The maximum absolute atomic E-state index is 10.9. The van der Waals surface area contributed by atoms with Crippen LogP contribution in [0.15, 0.2) is 12.2 Å². The number of methoxy groups -OCH3 is 1. The quantitative estimate of drug-likeness (QED) is 0.403. The van der Waals surface area contributed by atoms with Crippen LogP contribution in [-0.4, -0.2) is 25.4 Å². The molecule has 0 heterocycles. The van der Waals surface area contributed by atoms with Crippen molar-refractivity contribution in [2.24, 2.45) is 0 Å². The molecule has 13 heavy (non-hydrogen) atoms. The van der Waals surface area contributed by atoms with Crippen molar-refractivity contribution >= 4 is 12.1 Å². The molecule has 0 saturated heterocycles. The lowest BCUT2D eigenvalue weighted by molar-refractivity contribution is -0.144. The molecule has 1 atom stereocenters. The Morgan fingerprint density at radius 1 is 1.46 bits per heavy atom. The number of rotatable bonds is 3. The molecule has 5 heteroatoms. The van der Waals surface area contributed by atoms with Gasteiger partial charge < -0.3 is 9.47 Å². The van der Waals surface area contributed by atoms with Crippen LogP contribution in [0.2, 0.25) is 0 Å².